The van der Waals surface area contributed by atoms with E-state index in [0.717, 1.165) is 0 Å². The molecule has 0 N–H and O–H groups in total. The highest BCUT2D eigenvalue weighted by Crippen LogP contribution is 2.35. The summed E-state index contributed by atoms with van der Waals surface area (Å²) in [6, 6.07) is 17.9. The Morgan fingerprint density at radius 1 is 0.650 bits per heavy atom. The van der Waals surface area contributed by atoms with Gasteiger partial charge in [-0.05, 0) is 25.0 Å². The molecule has 0 atom stereocenters. The van der Waals surface area contributed by atoms with Gasteiger partial charge in [-0.2, -0.15) is 0 Å². The summed E-state index contributed by atoms with van der Waals surface area (Å²) in [5.74, 6) is 0.867. The Hall–Kier alpha value is -2.08. The quantitative estimate of drug-likeness (QED) is 0.713. The molecule has 2 aromatic rings. The normalized spacial score (nSPS) is 14.3. The Balaban J connectivity index is 2.03. The fraction of sp³-hybridized carbons (Fsp3) is 0.200. The number of allylic oxidation sites excluding steroid dienone is 4. The largest absolute Gasteiger partial charge is 0.0767 e. The molecule has 0 radical (unpaired) electrons. The van der Waals surface area contributed by atoms with Gasteiger partial charge < -0.3 is 0 Å². The molecule has 0 unspecified atom stereocenters. The van der Waals surface area contributed by atoms with Gasteiger partial charge in [0.15, 0.2) is 0 Å². The van der Waals surface area contributed by atoms with Crippen LogP contribution < -0.4 is 0 Å². The second-order valence-electron chi connectivity index (χ2n) is 5.65. The van der Waals surface area contributed by atoms with E-state index in [1.807, 2.05) is 0 Å². The molecule has 0 spiro atoms. The Kier molecular flexibility index (Phi) is 3.56. The van der Waals surface area contributed by atoms with Crippen molar-refractivity contribution in [3.8, 4) is 0 Å². The van der Waals surface area contributed by atoms with Gasteiger partial charge in [-0.1, -0.05) is 84.0 Å². The molecule has 0 saturated carbocycles. The smallest absolute Gasteiger partial charge is 0.0187 e. The average molecular weight is 260 g/mol. The Labute approximate surface area is 121 Å². The molecule has 0 saturated heterocycles. The molecule has 0 fully saturated rings. The standard InChI is InChI=1S/C20H20/c1-15-7-11-18(12-8-15)20(17-5-3-4-6-17)19-13-9-16(2)10-14-19/h3-14,17,20H,1-2H3. The van der Waals surface area contributed by atoms with Crippen molar-refractivity contribution in [3.05, 3.63) is 95.1 Å². The number of benzene rings is 2. The molecule has 2 aromatic carbocycles. The predicted octanol–water partition coefficient (Wildman–Crippen LogP) is 5.18. The van der Waals surface area contributed by atoms with Crippen LogP contribution in [0.15, 0.2) is 72.8 Å². The fourth-order valence-electron chi connectivity index (χ4n) is 2.86. The summed E-state index contributed by atoms with van der Waals surface area (Å²) < 4.78 is 0. The van der Waals surface area contributed by atoms with Gasteiger partial charge in [0, 0.05) is 11.8 Å². The zero-order valence-electron chi connectivity index (χ0n) is 12.1. The minimum atomic E-state index is 0.409. The van der Waals surface area contributed by atoms with Crippen LogP contribution in [0.3, 0.4) is 0 Å². The first kappa shape index (κ1) is 12.9. The van der Waals surface area contributed by atoms with Crippen LogP contribution in [-0.2, 0) is 0 Å². The van der Waals surface area contributed by atoms with Crippen molar-refractivity contribution in [1.82, 2.24) is 0 Å². The zero-order valence-corrected chi connectivity index (χ0v) is 12.1. The van der Waals surface area contributed by atoms with E-state index >= 15 is 0 Å². The monoisotopic (exact) mass is 260 g/mol. The SMILES string of the molecule is Cc1ccc(C(c2ccc(C)cc2)C2C=CC=C2)cc1. The van der Waals surface area contributed by atoms with E-state index in [0.29, 0.717) is 11.8 Å². The van der Waals surface area contributed by atoms with Gasteiger partial charge in [0.25, 0.3) is 0 Å². The summed E-state index contributed by atoms with van der Waals surface area (Å²) in [4.78, 5) is 0. The van der Waals surface area contributed by atoms with Crippen LogP contribution in [0.2, 0.25) is 0 Å². The minimum absolute atomic E-state index is 0.409. The van der Waals surface area contributed by atoms with E-state index in [9.17, 15) is 0 Å². The van der Waals surface area contributed by atoms with Crippen LogP contribution in [0.5, 0.6) is 0 Å². The lowest BCUT2D eigenvalue weighted by Gasteiger charge is -2.23. The first-order valence-electron chi connectivity index (χ1n) is 7.22. The zero-order chi connectivity index (χ0) is 13.9. The molecule has 0 aromatic heterocycles. The van der Waals surface area contributed by atoms with Crippen molar-refractivity contribution in [1.29, 1.82) is 0 Å². The van der Waals surface area contributed by atoms with Crippen LogP contribution in [0.1, 0.15) is 28.2 Å². The van der Waals surface area contributed by atoms with Gasteiger partial charge in [0.1, 0.15) is 0 Å². The molecule has 1 aliphatic rings. The van der Waals surface area contributed by atoms with Gasteiger partial charge in [-0.25, -0.2) is 0 Å². The minimum Gasteiger partial charge on any atom is -0.0767 e. The van der Waals surface area contributed by atoms with Crippen molar-refractivity contribution < 1.29 is 0 Å². The van der Waals surface area contributed by atoms with E-state index in [4.69, 9.17) is 0 Å². The summed E-state index contributed by atoms with van der Waals surface area (Å²) in [6.07, 6.45) is 8.90. The molecule has 0 heteroatoms. The third-order valence-electron chi connectivity index (χ3n) is 4.04. The van der Waals surface area contributed by atoms with E-state index < -0.39 is 0 Å². The van der Waals surface area contributed by atoms with Crippen LogP contribution in [-0.4, -0.2) is 0 Å². The summed E-state index contributed by atoms with van der Waals surface area (Å²) in [6.45, 7) is 4.28. The van der Waals surface area contributed by atoms with E-state index in [-0.39, 0.29) is 0 Å². The highest BCUT2D eigenvalue weighted by atomic mass is 14.3. The molecule has 0 aliphatic heterocycles. The molecular weight excluding hydrogens is 240 g/mol. The molecule has 0 heterocycles. The van der Waals surface area contributed by atoms with Crippen molar-refractivity contribution in [2.24, 2.45) is 5.92 Å². The van der Waals surface area contributed by atoms with Crippen LogP contribution in [0.4, 0.5) is 0 Å². The van der Waals surface area contributed by atoms with Gasteiger partial charge in [-0.15, -0.1) is 0 Å². The number of hydrogen-bond acceptors (Lipinski definition) is 0. The molecule has 0 amide bonds. The summed E-state index contributed by atoms with van der Waals surface area (Å²) >= 11 is 0. The highest BCUT2D eigenvalue weighted by molar-refractivity contribution is 5.40. The summed E-state index contributed by atoms with van der Waals surface area (Å²) in [7, 11) is 0. The van der Waals surface area contributed by atoms with Crippen molar-refractivity contribution >= 4 is 0 Å². The van der Waals surface area contributed by atoms with Gasteiger partial charge in [0.2, 0.25) is 0 Å². The van der Waals surface area contributed by atoms with Crippen molar-refractivity contribution in [2.45, 2.75) is 19.8 Å². The lowest BCUT2D eigenvalue weighted by molar-refractivity contribution is 0.692. The average Bonchev–Trinajstić information content (AvgIpc) is 2.97. The third-order valence-corrected chi connectivity index (χ3v) is 4.04. The maximum Gasteiger partial charge on any atom is 0.0187 e. The van der Waals surface area contributed by atoms with E-state index in [1.165, 1.54) is 22.3 Å². The summed E-state index contributed by atoms with van der Waals surface area (Å²) in [5.41, 5.74) is 5.41. The van der Waals surface area contributed by atoms with E-state index in [1.54, 1.807) is 0 Å². The second-order valence-corrected chi connectivity index (χ2v) is 5.65. The molecule has 0 bridgehead atoms. The number of aryl methyl sites for hydroxylation is 2. The topological polar surface area (TPSA) is 0 Å². The summed E-state index contributed by atoms with van der Waals surface area (Å²) in [5, 5.41) is 0. The van der Waals surface area contributed by atoms with Gasteiger partial charge in [-0.3, -0.25) is 0 Å². The number of hydrogen-bond donors (Lipinski definition) is 0. The number of rotatable bonds is 3. The highest BCUT2D eigenvalue weighted by Gasteiger charge is 2.22. The molecule has 0 nitrogen and oxygen atoms in total. The maximum atomic E-state index is 2.30. The molecule has 20 heavy (non-hydrogen) atoms. The fourth-order valence-corrected chi connectivity index (χ4v) is 2.86. The first-order chi connectivity index (χ1) is 9.74. The van der Waals surface area contributed by atoms with Crippen molar-refractivity contribution in [2.75, 3.05) is 0 Å². The first-order valence-corrected chi connectivity index (χ1v) is 7.22. The van der Waals surface area contributed by atoms with Crippen molar-refractivity contribution in [3.63, 3.8) is 0 Å². The lowest BCUT2D eigenvalue weighted by Crippen LogP contribution is -2.09. The molecule has 1 aliphatic carbocycles. The van der Waals surface area contributed by atoms with Gasteiger partial charge in [0.05, 0.1) is 0 Å². The second kappa shape index (κ2) is 5.50. The third kappa shape index (κ3) is 2.60. The maximum absolute atomic E-state index is 2.30. The Morgan fingerprint density at radius 2 is 1.05 bits per heavy atom. The Bertz CT molecular complexity index is 569. The molecule has 100 valence electrons. The van der Waals surface area contributed by atoms with E-state index in [2.05, 4.69) is 86.7 Å². The molecule has 3 rings (SSSR count). The van der Waals surface area contributed by atoms with Crippen LogP contribution in [0, 0.1) is 19.8 Å². The van der Waals surface area contributed by atoms with Gasteiger partial charge >= 0.3 is 0 Å². The molecular formula is C20H20. The lowest BCUT2D eigenvalue weighted by atomic mass is 9.81. The van der Waals surface area contributed by atoms with Crippen LogP contribution in [0.25, 0.3) is 0 Å². The predicted molar refractivity (Wildman–Crippen MR) is 86.0 cm³/mol. The Morgan fingerprint density at radius 3 is 1.45 bits per heavy atom. The van der Waals surface area contributed by atoms with Crippen LogP contribution >= 0.6 is 0 Å².